The number of pyridine rings is 1. The molecule has 0 aliphatic heterocycles. The van der Waals surface area contributed by atoms with Gasteiger partial charge in [0, 0.05) is 5.56 Å². The van der Waals surface area contributed by atoms with E-state index in [2.05, 4.69) is 4.98 Å². The molecule has 18 heavy (non-hydrogen) atoms. The quantitative estimate of drug-likeness (QED) is 0.837. The summed E-state index contributed by atoms with van der Waals surface area (Å²) in [5.41, 5.74) is 0.831. The summed E-state index contributed by atoms with van der Waals surface area (Å²) in [7, 11) is 0. The lowest BCUT2D eigenvalue weighted by Crippen LogP contribution is -1.95. The third kappa shape index (κ3) is 2.59. The molecule has 0 saturated carbocycles. The number of hydrogen-bond donors (Lipinski definition) is 1. The van der Waals surface area contributed by atoms with Crippen molar-refractivity contribution < 1.29 is 9.50 Å². The number of hydrogen-bond acceptors (Lipinski definition) is 2. The molecule has 0 fully saturated rings. The number of benzene rings is 1. The topological polar surface area (TPSA) is 33.1 Å². The second-order valence-electron chi connectivity index (χ2n) is 3.55. The Morgan fingerprint density at radius 2 is 1.72 bits per heavy atom. The van der Waals surface area contributed by atoms with Gasteiger partial charge < -0.3 is 5.11 Å². The summed E-state index contributed by atoms with van der Waals surface area (Å²) in [4.78, 5) is 3.99. The summed E-state index contributed by atoms with van der Waals surface area (Å²) in [5, 5.41) is 9.64. The van der Waals surface area contributed by atoms with E-state index in [-0.39, 0.29) is 27.4 Å². The molecule has 94 valence electrons. The maximum Gasteiger partial charge on any atom is 0.149 e. The van der Waals surface area contributed by atoms with E-state index in [1.54, 1.807) is 0 Å². The van der Waals surface area contributed by atoms with Crippen LogP contribution in [-0.4, -0.2) is 10.1 Å². The predicted molar refractivity (Wildman–Crippen MR) is 70.6 cm³/mol. The first-order valence-electron chi connectivity index (χ1n) is 4.94. The molecule has 0 amide bonds. The maximum atomic E-state index is 13.7. The average molecular weight is 307 g/mol. The predicted octanol–water partition coefficient (Wildman–Crippen LogP) is 4.34. The van der Waals surface area contributed by atoms with E-state index in [0.29, 0.717) is 11.3 Å². The van der Waals surface area contributed by atoms with Crippen LogP contribution in [0.1, 0.15) is 5.69 Å². The number of nitrogens with zero attached hydrogens (tertiary/aromatic N) is 1. The van der Waals surface area contributed by atoms with E-state index in [1.165, 1.54) is 24.3 Å². The Bertz CT molecular complexity index is 581. The van der Waals surface area contributed by atoms with Crippen molar-refractivity contribution in [2.75, 3.05) is 0 Å². The van der Waals surface area contributed by atoms with Gasteiger partial charge in [-0.25, -0.2) is 9.37 Å². The molecule has 1 heterocycles. The summed E-state index contributed by atoms with van der Waals surface area (Å²) in [5.74, 6) is -0.526. The highest BCUT2D eigenvalue weighted by molar-refractivity contribution is 6.48. The first-order valence-corrected chi connectivity index (χ1v) is 6.07. The number of aromatic nitrogens is 1. The van der Waals surface area contributed by atoms with Crippen molar-refractivity contribution in [3.8, 4) is 11.3 Å². The number of halogens is 4. The van der Waals surface area contributed by atoms with Crippen LogP contribution in [0.15, 0.2) is 24.3 Å². The Hall–Kier alpha value is -0.870. The zero-order valence-electron chi connectivity index (χ0n) is 8.92. The largest absolute Gasteiger partial charge is 0.390 e. The van der Waals surface area contributed by atoms with Crippen LogP contribution in [0, 0.1) is 5.82 Å². The van der Waals surface area contributed by atoms with Crippen LogP contribution in [0.4, 0.5) is 4.39 Å². The number of rotatable bonds is 2. The van der Waals surface area contributed by atoms with Crippen molar-refractivity contribution in [3.63, 3.8) is 0 Å². The minimum Gasteiger partial charge on any atom is -0.390 e. The van der Waals surface area contributed by atoms with Gasteiger partial charge in [0.2, 0.25) is 0 Å². The number of aliphatic hydroxyl groups excluding tert-OH is 1. The standard InChI is InChI=1S/C12H7Cl3FNO/c13-8-3-6(4-9(14)11(8)15)12-10(16)2-1-7(5-18)17-12/h1-4,18H,5H2. The van der Waals surface area contributed by atoms with Gasteiger partial charge in [-0.3, -0.25) is 0 Å². The highest BCUT2D eigenvalue weighted by Gasteiger charge is 2.12. The monoisotopic (exact) mass is 305 g/mol. The van der Waals surface area contributed by atoms with Gasteiger partial charge >= 0.3 is 0 Å². The summed E-state index contributed by atoms with van der Waals surface area (Å²) in [6.45, 7) is -0.275. The Balaban J connectivity index is 2.61. The van der Waals surface area contributed by atoms with Crippen LogP contribution in [0.3, 0.4) is 0 Å². The molecule has 2 rings (SSSR count). The van der Waals surface area contributed by atoms with Crippen molar-refractivity contribution in [1.29, 1.82) is 0 Å². The zero-order chi connectivity index (χ0) is 13.3. The summed E-state index contributed by atoms with van der Waals surface area (Å²) < 4.78 is 13.7. The Morgan fingerprint density at radius 3 is 2.28 bits per heavy atom. The van der Waals surface area contributed by atoms with Crippen molar-refractivity contribution in [2.45, 2.75) is 6.61 Å². The highest BCUT2D eigenvalue weighted by Crippen LogP contribution is 2.35. The molecule has 2 nitrogen and oxygen atoms in total. The van der Waals surface area contributed by atoms with E-state index in [1.807, 2.05) is 0 Å². The Morgan fingerprint density at radius 1 is 1.11 bits per heavy atom. The summed E-state index contributed by atoms with van der Waals surface area (Å²) in [6, 6.07) is 5.58. The lowest BCUT2D eigenvalue weighted by molar-refractivity contribution is 0.276. The molecule has 0 atom stereocenters. The van der Waals surface area contributed by atoms with Gasteiger partial charge in [-0.15, -0.1) is 0 Å². The van der Waals surface area contributed by atoms with Crippen LogP contribution in [0.2, 0.25) is 15.1 Å². The smallest absolute Gasteiger partial charge is 0.149 e. The van der Waals surface area contributed by atoms with Crippen molar-refractivity contribution in [2.24, 2.45) is 0 Å². The molecule has 1 N–H and O–H groups in total. The van der Waals surface area contributed by atoms with Gasteiger partial charge in [0.25, 0.3) is 0 Å². The molecular formula is C12H7Cl3FNO. The molecule has 0 radical (unpaired) electrons. The summed E-state index contributed by atoms with van der Waals surface area (Å²) in [6.07, 6.45) is 0. The molecule has 0 aliphatic rings. The van der Waals surface area contributed by atoms with Gasteiger partial charge in [0.05, 0.1) is 27.4 Å². The second kappa shape index (κ2) is 5.41. The lowest BCUT2D eigenvalue weighted by Gasteiger charge is -2.07. The van der Waals surface area contributed by atoms with Crippen LogP contribution >= 0.6 is 34.8 Å². The summed E-state index contributed by atoms with van der Waals surface area (Å²) >= 11 is 17.6. The average Bonchev–Trinajstić information content (AvgIpc) is 2.36. The number of aliphatic hydroxyl groups is 1. The van der Waals surface area contributed by atoms with Crippen LogP contribution in [0.25, 0.3) is 11.3 Å². The van der Waals surface area contributed by atoms with Crippen molar-refractivity contribution in [1.82, 2.24) is 4.98 Å². The van der Waals surface area contributed by atoms with Crippen molar-refractivity contribution in [3.05, 3.63) is 50.8 Å². The first-order chi connectivity index (χ1) is 8.52. The van der Waals surface area contributed by atoms with Crippen LogP contribution < -0.4 is 0 Å². The molecule has 6 heteroatoms. The normalized spacial score (nSPS) is 10.7. The van der Waals surface area contributed by atoms with E-state index < -0.39 is 5.82 Å². The van der Waals surface area contributed by atoms with Crippen LogP contribution in [0.5, 0.6) is 0 Å². The van der Waals surface area contributed by atoms with E-state index in [0.717, 1.165) is 0 Å². The van der Waals surface area contributed by atoms with E-state index >= 15 is 0 Å². The van der Waals surface area contributed by atoms with Gasteiger partial charge in [-0.1, -0.05) is 34.8 Å². The van der Waals surface area contributed by atoms with Gasteiger partial charge in [0.1, 0.15) is 11.5 Å². The van der Waals surface area contributed by atoms with E-state index in [9.17, 15) is 4.39 Å². The molecule has 0 spiro atoms. The minimum absolute atomic E-state index is 0.0713. The third-order valence-electron chi connectivity index (χ3n) is 2.32. The zero-order valence-corrected chi connectivity index (χ0v) is 11.2. The molecule has 2 aromatic rings. The first kappa shape index (κ1) is 13.6. The fourth-order valence-electron chi connectivity index (χ4n) is 1.47. The van der Waals surface area contributed by atoms with Gasteiger partial charge in [-0.05, 0) is 24.3 Å². The third-order valence-corrected chi connectivity index (χ3v) is 3.52. The Kier molecular flexibility index (Phi) is 4.07. The minimum atomic E-state index is -0.526. The molecule has 0 aliphatic carbocycles. The second-order valence-corrected chi connectivity index (χ2v) is 4.74. The SMILES string of the molecule is OCc1ccc(F)c(-c2cc(Cl)c(Cl)c(Cl)c2)n1. The van der Waals surface area contributed by atoms with Crippen LogP contribution in [-0.2, 0) is 6.61 Å². The van der Waals surface area contributed by atoms with Gasteiger partial charge in [-0.2, -0.15) is 0 Å². The fraction of sp³-hybridized carbons (Fsp3) is 0.0833. The molecule has 0 saturated heterocycles. The molecular weight excluding hydrogens is 299 g/mol. The van der Waals surface area contributed by atoms with Crippen molar-refractivity contribution >= 4 is 34.8 Å². The van der Waals surface area contributed by atoms with Gasteiger partial charge in [0.15, 0.2) is 0 Å². The maximum absolute atomic E-state index is 13.7. The van der Waals surface area contributed by atoms with E-state index in [4.69, 9.17) is 39.9 Å². The lowest BCUT2D eigenvalue weighted by atomic mass is 10.1. The fourth-order valence-corrected chi connectivity index (χ4v) is 2.06. The molecule has 1 aromatic heterocycles. The highest BCUT2D eigenvalue weighted by atomic mass is 35.5. The Labute approximate surface area is 118 Å². The molecule has 1 aromatic carbocycles. The molecule has 0 unspecified atom stereocenters. The molecule has 0 bridgehead atoms.